The average molecular weight is 514 g/mol. The SMILES string of the molecule is CCC(C)(C)NC(=O)[C@H](c1ccc(C)o1)N(Cc1cccc(OC)c1)C(=O)c1snc(C(N)=O)c1N. The summed E-state index contributed by atoms with van der Waals surface area (Å²) in [5.74, 6) is -0.404. The number of hydrogen-bond donors (Lipinski definition) is 3. The third-order valence-corrected chi connectivity index (χ3v) is 6.69. The molecule has 0 unspecified atom stereocenters. The van der Waals surface area contributed by atoms with Crippen LogP contribution in [0.2, 0.25) is 0 Å². The molecule has 36 heavy (non-hydrogen) atoms. The van der Waals surface area contributed by atoms with E-state index in [0.717, 1.165) is 11.5 Å². The number of nitrogens with zero attached hydrogens (tertiary/aromatic N) is 2. The lowest BCUT2D eigenvalue weighted by atomic mass is 10.0. The Morgan fingerprint density at radius 2 is 1.97 bits per heavy atom. The summed E-state index contributed by atoms with van der Waals surface area (Å²) in [7, 11) is 1.54. The highest BCUT2D eigenvalue weighted by atomic mass is 32.1. The van der Waals surface area contributed by atoms with Crippen LogP contribution in [-0.2, 0) is 11.3 Å². The normalized spacial score (nSPS) is 12.1. The van der Waals surface area contributed by atoms with Crippen molar-refractivity contribution in [3.63, 3.8) is 0 Å². The van der Waals surface area contributed by atoms with Gasteiger partial charge in [-0.05, 0) is 68.6 Å². The maximum Gasteiger partial charge on any atom is 0.270 e. The van der Waals surface area contributed by atoms with Gasteiger partial charge in [-0.1, -0.05) is 19.1 Å². The first-order valence-corrected chi connectivity index (χ1v) is 12.1. The second-order valence-corrected chi connectivity index (χ2v) is 9.77. The molecule has 0 spiro atoms. The number of rotatable bonds is 10. The number of hydrogen-bond acceptors (Lipinski definition) is 8. The molecule has 0 saturated carbocycles. The van der Waals surface area contributed by atoms with Crippen LogP contribution >= 0.6 is 11.5 Å². The number of primary amides is 1. The fraction of sp³-hybridized carbons (Fsp3) is 0.360. The molecule has 2 aromatic heterocycles. The standard InChI is InChI=1S/C25H31N5O5S/c1-6-25(3,4)28-23(32)20(17-11-10-14(2)35-17)30(13-15-8-7-9-16(12-15)34-5)24(33)21-18(26)19(22(27)31)29-36-21/h7-12,20H,6,13,26H2,1-5H3,(H2,27,31)(H,28,32)/t20-/m0/s1. The van der Waals surface area contributed by atoms with Gasteiger partial charge in [0.15, 0.2) is 11.7 Å². The third kappa shape index (κ3) is 5.85. The second-order valence-electron chi connectivity index (χ2n) is 9.00. The molecule has 0 aliphatic rings. The molecule has 192 valence electrons. The number of carbonyl (C=O) groups excluding carboxylic acids is 3. The molecule has 2 heterocycles. The largest absolute Gasteiger partial charge is 0.497 e. The molecule has 0 aliphatic heterocycles. The number of furan rings is 1. The van der Waals surface area contributed by atoms with E-state index < -0.39 is 29.3 Å². The van der Waals surface area contributed by atoms with Crippen molar-refractivity contribution in [2.45, 2.75) is 52.2 Å². The highest BCUT2D eigenvalue weighted by Crippen LogP contribution is 2.32. The van der Waals surface area contributed by atoms with Crippen molar-refractivity contribution < 1.29 is 23.5 Å². The van der Waals surface area contributed by atoms with E-state index in [0.29, 0.717) is 23.5 Å². The Hall–Kier alpha value is -3.86. The number of nitrogens with one attached hydrogen (secondary N) is 1. The van der Waals surface area contributed by atoms with E-state index in [9.17, 15) is 14.4 Å². The number of nitrogens with two attached hydrogens (primary N) is 2. The Kier molecular flexibility index (Phi) is 8.03. The number of anilines is 1. The minimum absolute atomic E-state index is 0.00234. The summed E-state index contributed by atoms with van der Waals surface area (Å²) in [6, 6.07) is 9.39. The van der Waals surface area contributed by atoms with Gasteiger partial charge in [0.05, 0.1) is 12.8 Å². The molecule has 11 heteroatoms. The van der Waals surface area contributed by atoms with Gasteiger partial charge in [0, 0.05) is 12.1 Å². The number of aromatic nitrogens is 1. The van der Waals surface area contributed by atoms with Gasteiger partial charge in [-0.25, -0.2) is 0 Å². The minimum atomic E-state index is -1.14. The van der Waals surface area contributed by atoms with Gasteiger partial charge in [-0.3, -0.25) is 14.4 Å². The number of amides is 3. The van der Waals surface area contributed by atoms with Crippen molar-refractivity contribution in [1.29, 1.82) is 0 Å². The molecule has 0 fully saturated rings. The van der Waals surface area contributed by atoms with Gasteiger partial charge in [0.1, 0.15) is 22.1 Å². The Bertz CT molecular complexity index is 1270. The maximum absolute atomic E-state index is 13.9. The summed E-state index contributed by atoms with van der Waals surface area (Å²) in [4.78, 5) is 40.7. The van der Waals surface area contributed by atoms with Crippen molar-refractivity contribution >= 4 is 34.9 Å². The van der Waals surface area contributed by atoms with Gasteiger partial charge >= 0.3 is 0 Å². The molecule has 3 aromatic rings. The van der Waals surface area contributed by atoms with Crippen molar-refractivity contribution in [3.05, 3.63) is 64.1 Å². The van der Waals surface area contributed by atoms with E-state index in [1.54, 1.807) is 44.4 Å². The lowest BCUT2D eigenvalue weighted by Crippen LogP contribution is -2.50. The van der Waals surface area contributed by atoms with Crippen LogP contribution in [0.3, 0.4) is 0 Å². The second kappa shape index (κ2) is 10.8. The van der Waals surface area contributed by atoms with Crippen LogP contribution in [0.15, 0.2) is 40.8 Å². The smallest absolute Gasteiger partial charge is 0.270 e. The quantitative estimate of drug-likeness (QED) is 0.375. The van der Waals surface area contributed by atoms with E-state index in [-0.39, 0.29) is 28.6 Å². The van der Waals surface area contributed by atoms with Crippen molar-refractivity contribution in [2.24, 2.45) is 5.73 Å². The number of benzene rings is 1. The summed E-state index contributed by atoms with van der Waals surface area (Å²) in [6.45, 7) is 7.51. The molecule has 0 saturated heterocycles. The topological polar surface area (TPSA) is 154 Å². The van der Waals surface area contributed by atoms with Crippen LogP contribution in [0, 0.1) is 6.92 Å². The Labute approximate surface area is 213 Å². The lowest BCUT2D eigenvalue weighted by Gasteiger charge is -2.33. The molecular weight excluding hydrogens is 482 g/mol. The first-order valence-electron chi connectivity index (χ1n) is 11.3. The molecule has 10 nitrogen and oxygen atoms in total. The zero-order valence-electron chi connectivity index (χ0n) is 21.0. The van der Waals surface area contributed by atoms with Gasteiger partial charge in [-0.15, -0.1) is 0 Å². The van der Waals surface area contributed by atoms with Crippen LogP contribution < -0.4 is 21.5 Å². The summed E-state index contributed by atoms with van der Waals surface area (Å²) >= 11 is 0.752. The zero-order chi connectivity index (χ0) is 26.6. The van der Waals surface area contributed by atoms with Crippen LogP contribution in [0.25, 0.3) is 0 Å². The first-order chi connectivity index (χ1) is 17.0. The molecule has 1 atom stereocenters. The summed E-state index contributed by atoms with van der Waals surface area (Å²) in [6.07, 6.45) is 0.663. The lowest BCUT2D eigenvalue weighted by molar-refractivity contribution is -0.128. The molecule has 0 aliphatic carbocycles. The summed E-state index contributed by atoms with van der Waals surface area (Å²) in [5, 5.41) is 3.01. The minimum Gasteiger partial charge on any atom is -0.497 e. The van der Waals surface area contributed by atoms with E-state index >= 15 is 0 Å². The zero-order valence-corrected chi connectivity index (χ0v) is 21.8. The number of nitrogen functional groups attached to an aromatic ring is 1. The van der Waals surface area contributed by atoms with Crippen molar-refractivity contribution in [1.82, 2.24) is 14.6 Å². The van der Waals surface area contributed by atoms with E-state index in [1.165, 1.54) is 4.90 Å². The third-order valence-electron chi connectivity index (χ3n) is 5.84. The van der Waals surface area contributed by atoms with E-state index in [2.05, 4.69) is 9.69 Å². The van der Waals surface area contributed by atoms with E-state index in [1.807, 2.05) is 26.8 Å². The van der Waals surface area contributed by atoms with Crippen LogP contribution in [-0.4, -0.2) is 39.6 Å². The molecule has 1 aromatic carbocycles. The maximum atomic E-state index is 13.9. The van der Waals surface area contributed by atoms with Gasteiger partial charge in [0.25, 0.3) is 17.7 Å². The fourth-order valence-electron chi connectivity index (χ4n) is 3.52. The van der Waals surface area contributed by atoms with E-state index in [4.69, 9.17) is 20.6 Å². The summed E-state index contributed by atoms with van der Waals surface area (Å²) < 4.78 is 15.1. The van der Waals surface area contributed by atoms with Crippen molar-refractivity contribution in [3.8, 4) is 5.75 Å². The number of aryl methyl sites for hydroxylation is 1. The highest BCUT2D eigenvalue weighted by molar-refractivity contribution is 7.09. The van der Waals surface area contributed by atoms with Crippen LogP contribution in [0.1, 0.15) is 70.5 Å². The Morgan fingerprint density at radius 1 is 1.25 bits per heavy atom. The predicted molar refractivity (Wildman–Crippen MR) is 137 cm³/mol. The van der Waals surface area contributed by atoms with Gasteiger partial charge in [0.2, 0.25) is 0 Å². The number of carbonyl (C=O) groups is 3. The summed E-state index contributed by atoms with van der Waals surface area (Å²) in [5.41, 5.74) is 11.3. The van der Waals surface area contributed by atoms with Crippen LogP contribution in [0.5, 0.6) is 5.75 Å². The Morgan fingerprint density at radius 3 is 2.53 bits per heavy atom. The predicted octanol–water partition coefficient (Wildman–Crippen LogP) is 3.42. The molecule has 5 N–H and O–H groups in total. The van der Waals surface area contributed by atoms with Gasteiger partial charge in [-0.2, -0.15) is 4.37 Å². The molecule has 3 amide bonds. The average Bonchev–Trinajstić information content (AvgIpc) is 3.43. The monoisotopic (exact) mass is 513 g/mol. The number of ether oxygens (including phenoxy) is 1. The van der Waals surface area contributed by atoms with Crippen LogP contribution in [0.4, 0.5) is 5.69 Å². The first kappa shape index (κ1) is 26.7. The Balaban J connectivity index is 2.15. The highest BCUT2D eigenvalue weighted by Gasteiger charge is 2.38. The van der Waals surface area contributed by atoms with Gasteiger partial charge < -0.3 is 30.8 Å². The molecule has 3 rings (SSSR count). The van der Waals surface area contributed by atoms with Crippen molar-refractivity contribution in [2.75, 3.05) is 12.8 Å². The number of methoxy groups -OCH3 is 1. The molecule has 0 radical (unpaired) electrons. The fourth-order valence-corrected chi connectivity index (χ4v) is 4.28. The molecule has 0 bridgehead atoms. The molecular formula is C25H31N5O5S.